The number of halogens is 1. The normalized spacial score (nSPS) is 22.0. The van der Waals surface area contributed by atoms with Crippen molar-refractivity contribution >= 4 is 32.6 Å². The molecular formula is C13H18INO2S. The number of rotatable bonds is 3. The van der Waals surface area contributed by atoms with Crippen molar-refractivity contribution in [2.24, 2.45) is 0 Å². The Morgan fingerprint density at radius 1 is 1.28 bits per heavy atom. The van der Waals surface area contributed by atoms with E-state index in [4.69, 9.17) is 0 Å². The van der Waals surface area contributed by atoms with Crippen molar-refractivity contribution < 1.29 is 8.42 Å². The molecule has 1 aromatic carbocycles. The predicted octanol–water partition coefficient (Wildman–Crippen LogP) is 2.97. The number of hydrogen-bond donors (Lipinski definition) is 0. The summed E-state index contributed by atoms with van der Waals surface area (Å²) in [6.45, 7) is 2.62. The van der Waals surface area contributed by atoms with Crippen LogP contribution in [0.4, 0.5) is 0 Å². The third-order valence-corrected chi connectivity index (χ3v) is 6.36. The lowest BCUT2D eigenvalue weighted by atomic mass is 10.1. The van der Waals surface area contributed by atoms with Crippen LogP contribution in [-0.2, 0) is 10.0 Å². The molecule has 5 heteroatoms. The molecule has 0 N–H and O–H groups in total. The molecule has 1 aliphatic rings. The minimum absolute atomic E-state index is 0.158. The average Bonchev–Trinajstić information content (AvgIpc) is 2.39. The molecule has 0 spiro atoms. The maximum atomic E-state index is 12.6. The van der Waals surface area contributed by atoms with Gasteiger partial charge in [0, 0.05) is 17.0 Å². The molecular weight excluding hydrogens is 361 g/mol. The molecule has 1 unspecified atom stereocenters. The predicted molar refractivity (Wildman–Crippen MR) is 81.6 cm³/mol. The molecule has 0 bridgehead atoms. The summed E-state index contributed by atoms with van der Waals surface area (Å²) in [4.78, 5) is 0.421. The molecule has 1 aromatic rings. The smallest absolute Gasteiger partial charge is 0.207 e. The maximum Gasteiger partial charge on any atom is 0.243 e. The lowest BCUT2D eigenvalue weighted by Crippen LogP contribution is -2.44. The lowest BCUT2D eigenvalue weighted by Gasteiger charge is -2.33. The molecule has 18 heavy (non-hydrogen) atoms. The number of alkyl halides is 1. The molecule has 0 amide bonds. The Morgan fingerprint density at radius 3 is 2.56 bits per heavy atom. The molecule has 2 rings (SSSR count). The average molecular weight is 379 g/mol. The molecule has 3 nitrogen and oxygen atoms in total. The van der Waals surface area contributed by atoms with Crippen molar-refractivity contribution in [1.82, 2.24) is 4.31 Å². The highest BCUT2D eigenvalue weighted by atomic mass is 127. The summed E-state index contributed by atoms with van der Waals surface area (Å²) in [5.74, 6) is 0. The second kappa shape index (κ2) is 5.88. The SMILES string of the molecule is Cc1ccc(S(=O)(=O)N2CCCCC2CI)cc1. The van der Waals surface area contributed by atoms with Crippen molar-refractivity contribution in [3.8, 4) is 0 Å². The van der Waals surface area contributed by atoms with Gasteiger partial charge in [0.05, 0.1) is 4.90 Å². The summed E-state index contributed by atoms with van der Waals surface area (Å²) in [7, 11) is -3.31. The summed E-state index contributed by atoms with van der Waals surface area (Å²) >= 11 is 2.28. The molecule has 0 radical (unpaired) electrons. The fraction of sp³-hybridized carbons (Fsp3) is 0.538. The van der Waals surface area contributed by atoms with Gasteiger partial charge in [-0.25, -0.2) is 8.42 Å². The monoisotopic (exact) mass is 379 g/mol. The Hall–Kier alpha value is -0.140. The van der Waals surface area contributed by atoms with Gasteiger partial charge in [-0.15, -0.1) is 0 Å². The van der Waals surface area contributed by atoms with E-state index in [1.807, 2.05) is 19.1 Å². The Bertz CT molecular complexity index is 498. The highest BCUT2D eigenvalue weighted by molar-refractivity contribution is 14.1. The highest BCUT2D eigenvalue weighted by Gasteiger charge is 2.32. The van der Waals surface area contributed by atoms with E-state index in [1.54, 1.807) is 16.4 Å². The largest absolute Gasteiger partial charge is 0.243 e. The van der Waals surface area contributed by atoms with Gasteiger partial charge in [0.15, 0.2) is 0 Å². The number of piperidine rings is 1. The van der Waals surface area contributed by atoms with Crippen LogP contribution in [0.2, 0.25) is 0 Å². The number of sulfonamides is 1. The first kappa shape index (κ1) is 14.3. The standard InChI is InChI=1S/C13H18INO2S/c1-11-5-7-13(8-6-11)18(16,17)15-9-3-2-4-12(15)10-14/h5-8,12H,2-4,9-10H2,1H3. The van der Waals surface area contributed by atoms with E-state index < -0.39 is 10.0 Å². The van der Waals surface area contributed by atoms with Gasteiger partial charge in [0.1, 0.15) is 0 Å². The summed E-state index contributed by atoms with van der Waals surface area (Å²) in [5.41, 5.74) is 1.08. The van der Waals surface area contributed by atoms with Crippen molar-refractivity contribution in [3.63, 3.8) is 0 Å². The second-order valence-corrected chi connectivity index (χ2v) is 7.50. The molecule has 1 heterocycles. The van der Waals surface area contributed by atoms with Gasteiger partial charge >= 0.3 is 0 Å². The van der Waals surface area contributed by atoms with E-state index in [-0.39, 0.29) is 6.04 Å². The number of aryl methyl sites for hydroxylation is 1. The minimum Gasteiger partial charge on any atom is -0.207 e. The topological polar surface area (TPSA) is 37.4 Å². The van der Waals surface area contributed by atoms with Gasteiger partial charge in [0.2, 0.25) is 10.0 Å². The van der Waals surface area contributed by atoms with Crippen molar-refractivity contribution in [2.45, 2.75) is 37.1 Å². The molecule has 100 valence electrons. The van der Waals surface area contributed by atoms with Crippen LogP contribution in [-0.4, -0.2) is 29.7 Å². The first-order valence-electron chi connectivity index (χ1n) is 6.20. The van der Waals surface area contributed by atoms with Crippen LogP contribution in [0.1, 0.15) is 24.8 Å². The van der Waals surface area contributed by atoms with Crippen LogP contribution >= 0.6 is 22.6 Å². The third-order valence-electron chi connectivity index (χ3n) is 3.38. The van der Waals surface area contributed by atoms with E-state index in [0.29, 0.717) is 11.4 Å². The number of benzene rings is 1. The summed E-state index contributed by atoms with van der Waals surface area (Å²) in [6, 6.07) is 7.30. The van der Waals surface area contributed by atoms with Gasteiger partial charge in [-0.1, -0.05) is 46.7 Å². The third kappa shape index (κ3) is 2.88. The van der Waals surface area contributed by atoms with E-state index in [2.05, 4.69) is 22.6 Å². The molecule has 1 aliphatic heterocycles. The van der Waals surface area contributed by atoms with Gasteiger partial charge in [-0.05, 0) is 31.9 Å². The zero-order chi connectivity index (χ0) is 13.2. The lowest BCUT2D eigenvalue weighted by molar-refractivity contribution is 0.275. The van der Waals surface area contributed by atoms with Gasteiger partial charge in [-0.2, -0.15) is 4.31 Å². The van der Waals surface area contributed by atoms with Crippen LogP contribution in [0.15, 0.2) is 29.2 Å². The second-order valence-electron chi connectivity index (χ2n) is 4.73. The fourth-order valence-electron chi connectivity index (χ4n) is 2.29. The van der Waals surface area contributed by atoms with Crippen molar-refractivity contribution in [2.75, 3.05) is 11.0 Å². The zero-order valence-electron chi connectivity index (χ0n) is 10.5. The Kier molecular flexibility index (Phi) is 4.66. The van der Waals surface area contributed by atoms with Gasteiger partial charge < -0.3 is 0 Å². The van der Waals surface area contributed by atoms with Crippen molar-refractivity contribution in [3.05, 3.63) is 29.8 Å². The van der Waals surface area contributed by atoms with E-state index in [9.17, 15) is 8.42 Å². The first-order chi connectivity index (χ1) is 8.55. The Labute approximate surface area is 123 Å². The summed E-state index contributed by atoms with van der Waals surface area (Å²) in [6.07, 6.45) is 3.08. The minimum atomic E-state index is -3.31. The zero-order valence-corrected chi connectivity index (χ0v) is 13.4. The van der Waals surface area contributed by atoms with Crippen LogP contribution in [0.3, 0.4) is 0 Å². The Balaban J connectivity index is 2.32. The molecule has 1 saturated heterocycles. The molecule has 0 aliphatic carbocycles. The van der Waals surface area contributed by atoms with Gasteiger partial charge in [0.25, 0.3) is 0 Å². The fourth-order valence-corrected chi connectivity index (χ4v) is 5.17. The molecule has 0 saturated carbocycles. The van der Waals surface area contributed by atoms with Crippen molar-refractivity contribution in [1.29, 1.82) is 0 Å². The van der Waals surface area contributed by atoms with Crippen LogP contribution in [0, 0.1) is 6.92 Å². The molecule has 1 atom stereocenters. The summed E-state index contributed by atoms with van der Waals surface area (Å²) in [5, 5.41) is 0. The van der Waals surface area contributed by atoms with Gasteiger partial charge in [-0.3, -0.25) is 0 Å². The number of hydrogen-bond acceptors (Lipinski definition) is 2. The Morgan fingerprint density at radius 2 is 1.94 bits per heavy atom. The van der Waals surface area contributed by atoms with E-state index >= 15 is 0 Å². The molecule has 1 fully saturated rings. The van der Waals surface area contributed by atoms with Crippen LogP contribution in [0.5, 0.6) is 0 Å². The first-order valence-corrected chi connectivity index (χ1v) is 9.17. The maximum absolute atomic E-state index is 12.6. The summed E-state index contributed by atoms with van der Waals surface area (Å²) < 4.78 is 27.7. The van der Waals surface area contributed by atoms with Crippen LogP contribution < -0.4 is 0 Å². The molecule has 0 aromatic heterocycles. The highest BCUT2D eigenvalue weighted by Crippen LogP contribution is 2.26. The van der Waals surface area contributed by atoms with E-state index in [0.717, 1.165) is 29.3 Å². The van der Waals surface area contributed by atoms with Crippen LogP contribution in [0.25, 0.3) is 0 Å². The number of nitrogens with zero attached hydrogens (tertiary/aromatic N) is 1. The van der Waals surface area contributed by atoms with E-state index in [1.165, 1.54) is 0 Å². The quantitative estimate of drug-likeness (QED) is 0.598.